The van der Waals surface area contributed by atoms with Gasteiger partial charge >= 0.3 is 18.2 Å². The first-order valence-electron chi connectivity index (χ1n) is 13.4. The quantitative estimate of drug-likeness (QED) is 0.186. The number of hydrogen-bond acceptors (Lipinski definition) is 8. The predicted molar refractivity (Wildman–Crippen MR) is 163 cm³/mol. The number of hydrogen-bond donors (Lipinski definition) is 3. The second kappa shape index (κ2) is 13.5. The third-order valence-electron chi connectivity index (χ3n) is 5.40. The molecule has 3 amide bonds. The lowest BCUT2D eigenvalue weighted by atomic mass is 10.0. The number of nitrogens with one attached hydrogen (secondary N) is 3. The summed E-state index contributed by atoms with van der Waals surface area (Å²) in [5, 5.41) is 10.0. The van der Waals surface area contributed by atoms with Gasteiger partial charge in [0.05, 0.1) is 18.0 Å². The summed E-state index contributed by atoms with van der Waals surface area (Å²) in [6.07, 6.45) is -1.44. The lowest BCUT2D eigenvalue weighted by Gasteiger charge is -2.23. The monoisotopic (exact) mass is 595 g/mol. The van der Waals surface area contributed by atoms with Crippen LogP contribution in [0.4, 0.5) is 21.0 Å². The molecule has 0 aliphatic carbocycles. The largest absolute Gasteiger partial charge is 0.464 e. The number of esters is 1. The second-order valence-corrected chi connectivity index (χ2v) is 12.2. The summed E-state index contributed by atoms with van der Waals surface area (Å²) in [6, 6.07) is 14.2. The smallest absolute Gasteiger partial charge is 0.412 e. The molecule has 0 bridgehead atoms. The van der Waals surface area contributed by atoms with Crippen molar-refractivity contribution >= 4 is 46.8 Å². The molecule has 0 aliphatic rings. The maximum atomic E-state index is 13.3. The molecule has 11 heteroatoms. The van der Waals surface area contributed by atoms with E-state index in [1.807, 2.05) is 23.6 Å². The molecule has 1 aromatic heterocycles. The molecule has 1 atom stereocenters. The van der Waals surface area contributed by atoms with E-state index in [9.17, 15) is 19.2 Å². The standard InChI is InChI=1S/C31H37N3O7S/c1-8-39-27(36)25(34-29(38)41-31(5,6)7)19-11-13-20(14-12-19)26(35)32-23-18-21(24-10-9-17-42-24)15-16-22(23)33-28(37)40-30(2,3)4/h9-18,25H,8H2,1-7H3,(H,32,35)(H,33,37)(H,34,38). The van der Waals surface area contributed by atoms with Crippen LogP contribution in [0, 0.1) is 0 Å². The van der Waals surface area contributed by atoms with Crippen LogP contribution in [0.3, 0.4) is 0 Å². The topological polar surface area (TPSA) is 132 Å². The van der Waals surface area contributed by atoms with E-state index in [-0.39, 0.29) is 12.2 Å². The highest BCUT2D eigenvalue weighted by Crippen LogP contribution is 2.32. The van der Waals surface area contributed by atoms with E-state index >= 15 is 0 Å². The van der Waals surface area contributed by atoms with Gasteiger partial charge in [-0.15, -0.1) is 11.3 Å². The van der Waals surface area contributed by atoms with E-state index in [1.54, 1.807) is 84.1 Å². The van der Waals surface area contributed by atoms with Gasteiger partial charge in [0, 0.05) is 10.4 Å². The number of alkyl carbamates (subject to hydrolysis) is 1. The Morgan fingerprint density at radius 3 is 2.02 bits per heavy atom. The number of carbonyl (C=O) groups is 4. The van der Waals surface area contributed by atoms with Gasteiger partial charge in [-0.3, -0.25) is 10.1 Å². The predicted octanol–water partition coefficient (Wildman–Crippen LogP) is 7.14. The van der Waals surface area contributed by atoms with Gasteiger partial charge in [0.2, 0.25) is 0 Å². The van der Waals surface area contributed by atoms with Crippen molar-refractivity contribution in [1.29, 1.82) is 0 Å². The molecule has 1 heterocycles. The zero-order chi connectivity index (χ0) is 31.1. The van der Waals surface area contributed by atoms with Crippen LogP contribution in [-0.2, 0) is 19.0 Å². The third-order valence-corrected chi connectivity index (χ3v) is 6.32. The average Bonchev–Trinajstić information content (AvgIpc) is 3.41. The van der Waals surface area contributed by atoms with Crippen molar-refractivity contribution in [3.8, 4) is 10.4 Å². The summed E-state index contributed by atoms with van der Waals surface area (Å²) >= 11 is 1.54. The summed E-state index contributed by atoms with van der Waals surface area (Å²) < 4.78 is 15.8. The number of thiophene rings is 1. The van der Waals surface area contributed by atoms with Crippen molar-refractivity contribution in [3.05, 3.63) is 71.1 Å². The molecule has 42 heavy (non-hydrogen) atoms. The molecule has 2 aromatic carbocycles. The van der Waals surface area contributed by atoms with Gasteiger partial charge in [-0.25, -0.2) is 14.4 Å². The van der Waals surface area contributed by atoms with Gasteiger partial charge < -0.3 is 24.8 Å². The molecule has 224 valence electrons. The molecular weight excluding hydrogens is 558 g/mol. The molecule has 0 spiro atoms. The first kappa shape index (κ1) is 32.1. The van der Waals surface area contributed by atoms with E-state index in [0.717, 1.165) is 10.4 Å². The molecule has 0 radical (unpaired) electrons. The van der Waals surface area contributed by atoms with Crippen molar-refractivity contribution in [2.45, 2.75) is 65.7 Å². The van der Waals surface area contributed by atoms with Gasteiger partial charge in [-0.1, -0.05) is 24.3 Å². The zero-order valence-corrected chi connectivity index (χ0v) is 25.6. The van der Waals surface area contributed by atoms with E-state index < -0.39 is 41.3 Å². The van der Waals surface area contributed by atoms with E-state index in [0.29, 0.717) is 16.9 Å². The van der Waals surface area contributed by atoms with Crippen LogP contribution in [0.2, 0.25) is 0 Å². The minimum absolute atomic E-state index is 0.121. The number of benzene rings is 2. The van der Waals surface area contributed by atoms with Crippen molar-refractivity contribution in [1.82, 2.24) is 5.32 Å². The summed E-state index contributed by atoms with van der Waals surface area (Å²) in [4.78, 5) is 51.8. The van der Waals surface area contributed by atoms with Gasteiger partial charge in [-0.2, -0.15) is 0 Å². The number of amides is 3. The summed E-state index contributed by atoms with van der Waals surface area (Å²) in [5.74, 6) is -1.12. The summed E-state index contributed by atoms with van der Waals surface area (Å²) in [7, 11) is 0. The Labute approximate surface area is 249 Å². The maximum Gasteiger partial charge on any atom is 0.412 e. The number of carbonyl (C=O) groups excluding carboxylic acids is 4. The molecule has 1 unspecified atom stereocenters. The highest BCUT2D eigenvalue weighted by atomic mass is 32.1. The molecule has 0 aliphatic heterocycles. The Kier molecular flexibility index (Phi) is 10.3. The Hall–Kier alpha value is -4.38. The Morgan fingerprint density at radius 2 is 1.45 bits per heavy atom. The van der Waals surface area contributed by atoms with Crippen molar-refractivity contribution in [3.63, 3.8) is 0 Å². The van der Waals surface area contributed by atoms with Crippen LogP contribution in [0.5, 0.6) is 0 Å². The fourth-order valence-corrected chi connectivity index (χ4v) is 4.44. The minimum atomic E-state index is -1.14. The molecular formula is C31H37N3O7S. The average molecular weight is 596 g/mol. The number of anilines is 2. The normalized spacial score (nSPS) is 12.1. The molecule has 0 saturated heterocycles. The summed E-state index contributed by atoms with van der Waals surface area (Å²) in [6.45, 7) is 12.2. The van der Waals surface area contributed by atoms with Gasteiger partial charge in [0.25, 0.3) is 5.91 Å². The number of rotatable bonds is 8. The zero-order valence-electron chi connectivity index (χ0n) is 24.8. The molecule has 0 fully saturated rings. The van der Waals surface area contributed by atoms with E-state index in [1.165, 1.54) is 12.1 Å². The van der Waals surface area contributed by atoms with E-state index in [2.05, 4.69) is 16.0 Å². The fourth-order valence-electron chi connectivity index (χ4n) is 3.72. The second-order valence-electron chi connectivity index (χ2n) is 11.3. The molecule has 0 saturated carbocycles. The highest BCUT2D eigenvalue weighted by molar-refractivity contribution is 7.13. The highest BCUT2D eigenvalue weighted by Gasteiger charge is 2.27. The molecule has 10 nitrogen and oxygen atoms in total. The first-order chi connectivity index (χ1) is 19.6. The SMILES string of the molecule is CCOC(=O)C(NC(=O)OC(C)(C)C)c1ccc(C(=O)Nc2cc(-c3cccs3)ccc2NC(=O)OC(C)(C)C)cc1. The molecule has 3 rings (SSSR count). The lowest BCUT2D eigenvalue weighted by molar-refractivity contribution is -0.145. The van der Waals surface area contributed by atoms with Gasteiger partial charge in [-0.05, 0) is 95.3 Å². The van der Waals surface area contributed by atoms with Gasteiger partial charge in [0.15, 0.2) is 6.04 Å². The maximum absolute atomic E-state index is 13.3. The Bertz CT molecular complexity index is 1410. The van der Waals surface area contributed by atoms with Crippen LogP contribution in [0.15, 0.2) is 60.0 Å². The van der Waals surface area contributed by atoms with Gasteiger partial charge in [0.1, 0.15) is 11.2 Å². The van der Waals surface area contributed by atoms with Crippen molar-refractivity contribution < 1.29 is 33.4 Å². The lowest BCUT2D eigenvalue weighted by Crippen LogP contribution is -2.38. The van der Waals surface area contributed by atoms with Crippen LogP contribution in [-0.4, -0.2) is 41.9 Å². The van der Waals surface area contributed by atoms with E-state index in [4.69, 9.17) is 14.2 Å². The van der Waals surface area contributed by atoms with Crippen LogP contribution in [0.1, 0.15) is 70.4 Å². The fraction of sp³-hybridized carbons (Fsp3) is 0.355. The minimum Gasteiger partial charge on any atom is -0.464 e. The van der Waals surface area contributed by atoms with Crippen molar-refractivity contribution in [2.75, 3.05) is 17.2 Å². The first-order valence-corrected chi connectivity index (χ1v) is 14.3. The summed E-state index contributed by atoms with van der Waals surface area (Å²) in [5.41, 5.74) is 0.812. The van der Waals surface area contributed by atoms with Crippen LogP contribution >= 0.6 is 11.3 Å². The van der Waals surface area contributed by atoms with Crippen LogP contribution < -0.4 is 16.0 Å². The Morgan fingerprint density at radius 1 is 0.810 bits per heavy atom. The van der Waals surface area contributed by atoms with Crippen molar-refractivity contribution in [2.24, 2.45) is 0 Å². The number of ether oxygens (including phenoxy) is 3. The van der Waals surface area contributed by atoms with Crippen LogP contribution in [0.25, 0.3) is 10.4 Å². The Balaban J connectivity index is 1.85. The third kappa shape index (κ3) is 9.62. The molecule has 3 N–H and O–H groups in total. The molecule has 3 aromatic rings.